The van der Waals surface area contributed by atoms with Gasteiger partial charge in [0.1, 0.15) is 0 Å². The number of nitrogens with zero attached hydrogens (tertiary/aromatic N) is 1. The first kappa shape index (κ1) is 11.6. The molecule has 0 bridgehead atoms. The van der Waals surface area contributed by atoms with Crippen molar-refractivity contribution in [1.29, 1.82) is 0 Å². The summed E-state index contributed by atoms with van der Waals surface area (Å²) >= 11 is 0. The van der Waals surface area contributed by atoms with Crippen LogP contribution in [0.15, 0.2) is 18.2 Å². The number of hydrogen-bond donors (Lipinski definition) is 3. The maximum Gasteiger partial charge on any atom is 0.357 e. The lowest BCUT2D eigenvalue weighted by molar-refractivity contribution is 0.0692. The molecule has 2 rings (SSSR count). The van der Waals surface area contributed by atoms with Gasteiger partial charge in [-0.3, -0.25) is 5.10 Å². The van der Waals surface area contributed by atoms with Crippen molar-refractivity contribution in [3.05, 3.63) is 29.5 Å². The molecule has 0 radical (unpaired) electrons. The van der Waals surface area contributed by atoms with Crippen molar-refractivity contribution in [1.82, 2.24) is 10.2 Å². The van der Waals surface area contributed by atoms with Gasteiger partial charge in [-0.2, -0.15) is 5.10 Å². The third kappa shape index (κ3) is 2.45. The fourth-order valence-corrected chi connectivity index (χ4v) is 1.84. The number of carboxylic acids is 1. The molecule has 5 nitrogen and oxygen atoms in total. The summed E-state index contributed by atoms with van der Waals surface area (Å²) in [6.07, 6.45) is 0.504. The predicted octanol–water partition coefficient (Wildman–Crippen LogP) is 1.57. The quantitative estimate of drug-likeness (QED) is 0.752. The highest BCUT2D eigenvalue weighted by molar-refractivity contribution is 6.00. The number of aliphatic hydroxyl groups is 1. The second-order valence-corrected chi connectivity index (χ2v) is 4.75. The van der Waals surface area contributed by atoms with E-state index in [9.17, 15) is 9.90 Å². The van der Waals surface area contributed by atoms with Crippen LogP contribution in [-0.2, 0) is 6.42 Å². The molecule has 0 aliphatic carbocycles. The van der Waals surface area contributed by atoms with Crippen LogP contribution in [0.5, 0.6) is 0 Å². The van der Waals surface area contributed by atoms with Gasteiger partial charge in [-0.1, -0.05) is 12.1 Å². The predicted molar refractivity (Wildman–Crippen MR) is 63.1 cm³/mol. The van der Waals surface area contributed by atoms with E-state index in [1.54, 1.807) is 19.9 Å². The minimum absolute atomic E-state index is 0.0230. The Hall–Kier alpha value is -1.88. The van der Waals surface area contributed by atoms with Crippen molar-refractivity contribution < 1.29 is 15.0 Å². The number of carbonyl (C=O) groups is 1. The number of aromatic amines is 1. The van der Waals surface area contributed by atoms with Crippen molar-refractivity contribution in [2.75, 3.05) is 0 Å². The van der Waals surface area contributed by atoms with Crippen LogP contribution >= 0.6 is 0 Å². The summed E-state index contributed by atoms with van der Waals surface area (Å²) in [6, 6.07) is 5.33. The fourth-order valence-electron chi connectivity index (χ4n) is 1.84. The van der Waals surface area contributed by atoms with Gasteiger partial charge in [0, 0.05) is 11.8 Å². The number of nitrogens with one attached hydrogen (secondary N) is 1. The molecule has 0 saturated heterocycles. The van der Waals surface area contributed by atoms with Gasteiger partial charge in [0.05, 0.1) is 11.1 Å². The van der Waals surface area contributed by atoms with Gasteiger partial charge in [0.25, 0.3) is 0 Å². The Bertz CT molecular complexity index is 567. The molecule has 17 heavy (non-hydrogen) atoms. The molecule has 1 heterocycles. The molecule has 0 spiro atoms. The van der Waals surface area contributed by atoms with Crippen LogP contribution in [-0.4, -0.2) is 32.0 Å². The molecule has 1 aromatic heterocycles. The fraction of sp³-hybridized carbons (Fsp3) is 0.333. The van der Waals surface area contributed by atoms with Gasteiger partial charge in [-0.05, 0) is 25.5 Å². The average molecular weight is 234 g/mol. The molecule has 1 aromatic carbocycles. The molecule has 0 aliphatic heterocycles. The van der Waals surface area contributed by atoms with Gasteiger partial charge in [-0.15, -0.1) is 0 Å². The van der Waals surface area contributed by atoms with Crippen molar-refractivity contribution in [3.63, 3.8) is 0 Å². The molecule has 0 saturated carbocycles. The second kappa shape index (κ2) is 3.85. The minimum Gasteiger partial charge on any atom is -0.476 e. The summed E-state index contributed by atoms with van der Waals surface area (Å²) in [6.45, 7) is 3.46. The van der Waals surface area contributed by atoms with Gasteiger partial charge in [0.15, 0.2) is 5.69 Å². The molecular weight excluding hydrogens is 220 g/mol. The summed E-state index contributed by atoms with van der Waals surface area (Å²) in [4.78, 5) is 10.9. The lowest BCUT2D eigenvalue weighted by atomic mass is 9.98. The molecule has 3 N–H and O–H groups in total. The van der Waals surface area contributed by atoms with Crippen LogP contribution in [0.2, 0.25) is 0 Å². The van der Waals surface area contributed by atoms with Crippen LogP contribution in [0.25, 0.3) is 10.9 Å². The van der Waals surface area contributed by atoms with Crippen LogP contribution < -0.4 is 0 Å². The number of H-pyrrole nitrogens is 1. The van der Waals surface area contributed by atoms with Crippen molar-refractivity contribution >= 4 is 16.9 Å². The average Bonchev–Trinajstić information content (AvgIpc) is 2.57. The molecule has 5 heteroatoms. The second-order valence-electron chi connectivity index (χ2n) is 4.75. The Morgan fingerprint density at radius 2 is 2.18 bits per heavy atom. The van der Waals surface area contributed by atoms with E-state index < -0.39 is 11.6 Å². The van der Waals surface area contributed by atoms with E-state index in [1.165, 1.54) is 0 Å². The van der Waals surface area contributed by atoms with Gasteiger partial charge < -0.3 is 10.2 Å². The van der Waals surface area contributed by atoms with E-state index in [1.807, 2.05) is 12.1 Å². The minimum atomic E-state index is -1.05. The van der Waals surface area contributed by atoms with E-state index >= 15 is 0 Å². The van der Waals surface area contributed by atoms with Crippen LogP contribution in [0.4, 0.5) is 0 Å². The van der Waals surface area contributed by atoms with Crippen molar-refractivity contribution in [3.8, 4) is 0 Å². The normalized spacial score (nSPS) is 11.9. The zero-order chi connectivity index (χ0) is 12.6. The van der Waals surface area contributed by atoms with E-state index in [-0.39, 0.29) is 5.69 Å². The van der Waals surface area contributed by atoms with Gasteiger partial charge >= 0.3 is 5.97 Å². The van der Waals surface area contributed by atoms with E-state index in [2.05, 4.69) is 10.2 Å². The Labute approximate surface area is 98.1 Å². The summed E-state index contributed by atoms with van der Waals surface area (Å²) in [5, 5.41) is 25.6. The maximum atomic E-state index is 10.9. The van der Waals surface area contributed by atoms with E-state index in [4.69, 9.17) is 5.11 Å². The maximum absolute atomic E-state index is 10.9. The lowest BCUT2D eigenvalue weighted by Crippen LogP contribution is -2.21. The lowest BCUT2D eigenvalue weighted by Gasteiger charge is -2.16. The Morgan fingerprint density at radius 1 is 1.47 bits per heavy atom. The van der Waals surface area contributed by atoms with E-state index in [0.717, 1.165) is 5.56 Å². The zero-order valence-corrected chi connectivity index (χ0v) is 9.69. The highest BCUT2D eigenvalue weighted by Crippen LogP contribution is 2.20. The summed E-state index contributed by atoms with van der Waals surface area (Å²) < 4.78 is 0. The van der Waals surface area contributed by atoms with Crippen LogP contribution in [0, 0.1) is 0 Å². The van der Waals surface area contributed by atoms with Gasteiger partial charge in [0.2, 0.25) is 0 Å². The Morgan fingerprint density at radius 3 is 2.76 bits per heavy atom. The summed E-state index contributed by atoms with van der Waals surface area (Å²) in [5.74, 6) is -1.05. The number of aromatic nitrogens is 2. The molecule has 90 valence electrons. The molecular formula is C12H14N2O3. The Balaban J connectivity index is 2.43. The number of hydrogen-bond acceptors (Lipinski definition) is 3. The van der Waals surface area contributed by atoms with Crippen LogP contribution in [0.1, 0.15) is 29.9 Å². The highest BCUT2D eigenvalue weighted by atomic mass is 16.4. The topological polar surface area (TPSA) is 86.2 Å². The monoisotopic (exact) mass is 234 g/mol. The number of aromatic carboxylic acids is 1. The summed E-state index contributed by atoms with van der Waals surface area (Å²) in [7, 11) is 0. The first-order valence-electron chi connectivity index (χ1n) is 5.29. The molecule has 0 atom stereocenters. The third-order valence-corrected chi connectivity index (χ3v) is 2.47. The smallest absolute Gasteiger partial charge is 0.357 e. The largest absolute Gasteiger partial charge is 0.476 e. The Kier molecular flexibility index (Phi) is 2.63. The molecule has 0 amide bonds. The van der Waals surface area contributed by atoms with Crippen LogP contribution in [0.3, 0.4) is 0 Å². The zero-order valence-electron chi connectivity index (χ0n) is 9.69. The number of fused-ring (bicyclic) bond motifs is 1. The molecule has 0 unspecified atom stereocenters. The highest BCUT2D eigenvalue weighted by Gasteiger charge is 2.16. The third-order valence-electron chi connectivity index (χ3n) is 2.47. The van der Waals surface area contributed by atoms with Crippen molar-refractivity contribution in [2.24, 2.45) is 0 Å². The SMILES string of the molecule is CC(C)(O)Cc1ccc2c(C(=O)O)n[nH]c2c1. The molecule has 0 aliphatic rings. The number of benzene rings is 1. The van der Waals surface area contributed by atoms with E-state index in [0.29, 0.717) is 17.3 Å². The van der Waals surface area contributed by atoms with Gasteiger partial charge in [-0.25, -0.2) is 4.79 Å². The molecule has 2 aromatic rings. The molecule has 0 fully saturated rings. The number of rotatable bonds is 3. The number of carboxylic acid groups (broad SMARTS) is 1. The van der Waals surface area contributed by atoms with Crippen molar-refractivity contribution in [2.45, 2.75) is 25.9 Å². The first-order valence-corrected chi connectivity index (χ1v) is 5.29. The first-order chi connectivity index (χ1) is 7.87. The standard InChI is InChI=1S/C12H14N2O3/c1-12(2,17)6-7-3-4-8-9(5-7)13-14-10(8)11(15)16/h3-5,17H,6H2,1-2H3,(H,13,14)(H,15,16). The summed E-state index contributed by atoms with van der Waals surface area (Å²) in [5.41, 5.74) is 0.841.